The van der Waals surface area contributed by atoms with Crippen molar-refractivity contribution in [2.75, 3.05) is 13.2 Å². The minimum absolute atomic E-state index is 0.250. The second-order valence-corrected chi connectivity index (χ2v) is 2.56. The van der Waals surface area contributed by atoms with Gasteiger partial charge in [-0.1, -0.05) is 0 Å². The van der Waals surface area contributed by atoms with Gasteiger partial charge in [-0.3, -0.25) is 14.7 Å². The van der Waals surface area contributed by atoms with Gasteiger partial charge >= 0.3 is 0 Å². The molecule has 0 atom stereocenters. The van der Waals surface area contributed by atoms with E-state index in [2.05, 4.69) is 19.9 Å². The van der Waals surface area contributed by atoms with E-state index in [1.807, 2.05) is 0 Å². The van der Waals surface area contributed by atoms with Crippen LogP contribution in [0.5, 0.6) is 0 Å². The van der Waals surface area contributed by atoms with Gasteiger partial charge in [0, 0.05) is 12.8 Å². The second-order valence-electron chi connectivity index (χ2n) is 2.56. The number of aromatic nitrogens is 3. The molecule has 0 aromatic carbocycles. The maximum Gasteiger partial charge on any atom is 0.293 e. The van der Waals surface area contributed by atoms with Crippen LogP contribution in [0.25, 0.3) is 0 Å². The number of carbonyl (C=O) groups excluding carboxylic acids is 1. The summed E-state index contributed by atoms with van der Waals surface area (Å²) in [6.07, 6.45) is 1.21. The van der Waals surface area contributed by atoms with E-state index in [1.54, 1.807) is 0 Å². The molecule has 8 nitrogen and oxygen atoms in total. The average Bonchev–Trinajstić information content (AvgIpc) is 2.68. The highest BCUT2D eigenvalue weighted by Gasteiger charge is 2.01. The van der Waals surface area contributed by atoms with Crippen LogP contribution in [0.1, 0.15) is 11.6 Å². The lowest BCUT2D eigenvalue weighted by molar-refractivity contribution is -0.128. The Morgan fingerprint density at radius 2 is 2.12 bits per heavy atom. The number of carbonyl (C=O) groups is 2. The van der Waals surface area contributed by atoms with Crippen LogP contribution in [0.2, 0.25) is 0 Å². The van der Waals surface area contributed by atoms with Crippen molar-refractivity contribution >= 4 is 12.9 Å². The Labute approximate surface area is 91.8 Å². The molecule has 4 N–H and O–H groups in total. The molecule has 0 amide bonds. The van der Waals surface area contributed by atoms with Gasteiger partial charge < -0.3 is 15.6 Å². The Hall–Kier alpha value is -1.96. The van der Waals surface area contributed by atoms with Crippen molar-refractivity contribution < 1.29 is 19.4 Å². The first kappa shape index (κ1) is 14.0. The zero-order chi connectivity index (χ0) is 12.2. The molecule has 1 rings (SSSR count). The molecule has 0 aliphatic rings. The smallest absolute Gasteiger partial charge is 0.293 e. The Balaban J connectivity index is 0.000000673. The van der Waals surface area contributed by atoms with Crippen molar-refractivity contribution in [3.63, 3.8) is 0 Å². The van der Waals surface area contributed by atoms with E-state index in [9.17, 15) is 4.79 Å². The molecule has 0 spiro atoms. The average molecular weight is 230 g/mol. The van der Waals surface area contributed by atoms with Crippen LogP contribution in [0.4, 0.5) is 0 Å². The molecule has 0 saturated carbocycles. The van der Waals surface area contributed by atoms with Crippen LogP contribution < -0.4 is 5.73 Å². The largest absolute Gasteiger partial charge is 0.483 e. The first-order valence-corrected chi connectivity index (χ1v) is 4.51. The van der Waals surface area contributed by atoms with Crippen LogP contribution in [0.3, 0.4) is 0 Å². The fourth-order valence-electron chi connectivity index (χ4n) is 0.893. The van der Waals surface area contributed by atoms with Gasteiger partial charge in [0.2, 0.25) is 0 Å². The minimum atomic E-state index is -0.250. The summed E-state index contributed by atoms with van der Waals surface area (Å²) in [4.78, 5) is 22.3. The highest BCUT2D eigenvalue weighted by atomic mass is 16.5. The lowest BCUT2D eigenvalue weighted by Gasteiger charge is -1.92. The molecule has 1 heterocycles. The van der Waals surface area contributed by atoms with Crippen molar-refractivity contribution in [1.29, 1.82) is 0 Å². The molecule has 16 heavy (non-hydrogen) atoms. The zero-order valence-corrected chi connectivity index (χ0v) is 8.63. The third-order valence-corrected chi connectivity index (χ3v) is 1.47. The van der Waals surface area contributed by atoms with Crippen LogP contribution in [-0.2, 0) is 27.2 Å². The van der Waals surface area contributed by atoms with E-state index in [-0.39, 0.29) is 6.47 Å². The molecule has 0 radical (unpaired) electrons. The first-order valence-electron chi connectivity index (χ1n) is 4.51. The number of H-pyrrole nitrogens is 1. The quantitative estimate of drug-likeness (QED) is 0.409. The van der Waals surface area contributed by atoms with Gasteiger partial charge in [-0.05, 0) is 6.54 Å². The molecular formula is C8H14N4O4. The number of nitrogens with one attached hydrogen (secondary N) is 1. The topological polar surface area (TPSA) is 131 Å². The molecule has 0 aliphatic heterocycles. The number of carboxylic acid groups (broad SMARTS) is 1. The Morgan fingerprint density at radius 3 is 2.69 bits per heavy atom. The Kier molecular flexibility index (Phi) is 8.41. The number of rotatable bonds is 6. The monoisotopic (exact) mass is 230 g/mol. The molecule has 0 aliphatic carbocycles. The molecule has 0 fully saturated rings. The van der Waals surface area contributed by atoms with Gasteiger partial charge in [0.15, 0.2) is 5.82 Å². The maximum absolute atomic E-state index is 9.82. The van der Waals surface area contributed by atoms with Crippen LogP contribution in [0.15, 0.2) is 0 Å². The molecule has 1 aromatic rings. The fourth-order valence-corrected chi connectivity index (χ4v) is 0.893. The molecular weight excluding hydrogens is 216 g/mol. The normalized spacial score (nSPS) is 8.81. The van der Waals surface area contributed by atoms with E-state index >= 15 is 0 Å². The minimum Gasteiger partial charge on any atom is -0.483 e. The summed E-state index contributed by atoms with van der Waals surface area (Å²) in [5, 5.41) is 13.6. The summed E-state index contributed by atoms with van der Waals surface area (Å²) in [6, 6.07) is 0. The van der Waals surface area contributed by atoms with Crippen LogP contribution in [0, 0.1) is 0 Å². The Morgan fingerprint density at radius 1 is 1.44 bits per heavy atom. The van der Waals surface area contributed by atoms with Crippen molar-refractivity contribution in [2.24, 2.45) is 5.73 Å². The summed E-state index contributed by atoms with van der Waals surface area (Å²) >= 11 is 0. The van der Waals surface area contributed by atoms with Gasteiger partial charge in [-0.2, -0.15) is 5.10 Å². The predicted octanol–water partition coefficient (Wildman–Crippen LogP) is -1.28. The SMILES string of the molecule is NCCc1nc(CCOC=O)n[nH]1.O=CO. The summed E-state index contributed by atoms with van der Waals surface area (Å²) in [6.45, 7) is 1.01. The molecule has 8 heteroatoms. The highest BCUT2D eigenvalue weighted by molar-refractivity contribution is 5.36. The van der Waals surface area contributed by atoms with E-state index in [4.69, 9.17) is 15.6 Å². The van der Waals surface area contributed by atoms with E-state index < -0.39 is 0 Å². The van der Waals surface area contributed by atoms with Gasteiger partial charge in [0.25, 0.3) is 12.9 Å². The number of nitrogens with zero attached hydrogens (tertiary/aromatic N) is 2. The molecule has 0 saturated heterocycles. The lowest BCUT2D eigenvalue weighted by atomic mass is 10.4. The van der Waals surface area contributed by atoms with Crippen molar-refractivity contribution in [1.82, 2.24) is 15.2 Å². The van der Waals surface area contributed by atoms with Gasteiger partial charge in [-0.15, -0.1) is 0 Å². The van der Waals surface area contributed by atoms with Crippen molar-refractivity contribution in [2.45, 2.75) is 12.8 Å². The fraction of sp³-hybridized carbons (Fsp3) is 0.500. The lowest BCUT2D eigenvalue weighted by Crippen LogP contribution is -2.04. The maximum atomic E-state index is 9.82. The summed E-state index contributed by atoms with van der Waals surface area (Å²) in [5.41, 5.74) is 5.33. The molecule has 0 bridgehead atoms. The third-order valence-electron chi connectivity index (χ3n) is 1.47. The number of hydrogen-bond acceptors (Lipinski definition) is 6. The van der Waals surface area contributed by atoms with Gasteiger partial charge in [0.1, 0.15) is 5.82 Å². The summed E-state index contributed by atoms with van der Waals surface area (Å²) < 4.78 is 4.51. The standard InChI is InChI=1S/C7H12N4O2.CH2O2/c8-3-1-6-9-7(11-10-6)2-4-13-5-12;2-1-3/h5H,1-4,8H2,(H,9,10,11);1H,(H,2,3). The molecule has 90 valence electrons. The predicted molar refractivity (Wildman–Crippen MR) is 53.6 cm³/mol. The van der Waals surface area contributed by atoms with Gasteiger partial charge in [0.05, 0.1) is 6.61 Å². The third kappa shape index (κ3) is 6.49. The van der Waals surface area contributed by atoms with Crippen LogP contribution in [-0.4, -0.2) is 46.4 Å². The summed E-state index contributed by atoms with van der Waals surface area (Å²) in [5.74, 6) is 1.41. The number of aromatic amines is 1. The number of hydrogen-bond donors (Lipinski definition) is 3. The number of nitrogens with two attached hydrogens (primary N) is 1. The first-order chi connectivity index (χ1) is 7.78. The zero-order valence-electron chi connectivity index (χ0n) is 8.63. The summed E-state index contributed by atoms with van der Waals surface area (Å²) in [7, 11) is 0. The van der Waals surface area contributed by atoms with Crippen molar-refractivity contribution in [3.8, 4) is 0 Å². The second kappa shape index (κ2) is 9.59. The molecule has 0 unspecified atom stereocenters. The van der Waals surface area contributed by atoms with E-state index in [0.717, 1.165) is 5.82 Å². The van der Waals surface area contributed by atoms with Gasteiger partial charge in [-0.25, -0.2) is 4.98 Å². The van der Waals surface area contributed by atoms with E-state index in [1.165, 1.54) is 0 Å². The highest BCUT2D eigenvalue weighted by Crippen LogP contribution is 1.94. The van der Waals surface area contributed by atoms with Crippen molar-refractivity contribution in [3.05, 3.63) is 11.6 Å². The molecule has 1 aromatic heterocycles. The number of ether oxygens (including phenoxy) is 1. The van der Waals surface area contributed by atoms with E-state index in [0.29, 0.717) is 38.3 Å². The Bertz CT molecular complexity index is 302. The van der Waals surface area contributed by atoms with Crippen LogP contribution >= 0.6 is 0 Å².